The van der Waals surface area contributed by atoms with Crippen molar-refractivity contribution in [2.45, 2.75) is 0 Å². The molecular formula is C18H10. The molecule has 0 fully saturated rings. The SMILES string of the molecule is [2H]c1c([2H])c2c3c(c([2H])cc4ccc5cccc-2c5c43)c1[2H]. The smallest absolute Gasteiger partial charge is 0.0610 e. The van der Waals surface area contributed by atoms with E-state index in [1.54, 1.807) is 6.07 Å². The maximum absolute atomic E-state index is 8.33. The van der Waals surface area contributed by atoms with E-state index in [0.717, 1.165) is 32.5 Å². The number of benzene rings is 4. The van der Waals surface area contributed by atoms with Crippen molar-refractivity contribution in [3.8, 4) is 11.1 Å². The van der Waals surface area contributed by atoms with E-state index >= 15 is 0 Å². The Morgan fingerprint density at radius 2 is 1.44 bits per heavy atom. The van der Waals surface area contributed by atoms with Crippen LogP contribution in [0.2, 0.25) is 0 Å². The molecule has 0 heterocycles. The first-order valence-electron chi connectivity index (χ1n) is 7.98. The molecule has 0 bridgehead atoms. The largest absolute Gasteiger partial charge is 0.0629 e. The Kier molecular flexibility index (Phi) is 0.912. The molecule has 0 N–H and O–H groups in total. The summed E-state index contributed by atoms with van der Waals surface area (Å²) in [5, 5.41) is 5.47. The molecule has 1 aliphatic carbocycles. The highest BCUT2D eigenvalue weighted by molar-refractivity contribution is 6.32. The molecule has 0 aromatic heterocycles. The predicted octanol–water partition coefficient (Wildman–Crippen LogP) is 5.13. The summed E-state index contributed by atoms with van der Waals surface area (Å²) in [6.45, 7) is 0. The second-order valence-corrected chi connectivity index (χ2v) is 4.72. The lowest BCUT2D eigenvalue weighted by molar-refractivity contribution is 1.77. The Bertz CT molecular complexity index is 1160. The van der Waals surface area contributed by atoms with E-state index in [1.807, 2.05) is 30.3 Å². The Labute approximate surface area is 110 Å². The summed E-state index contributed by atoms with van der Waals surface area (Å²) in [4.78, 5) is 0. The zero-order valence-corrected chi connectivity index (χ0v) is 9.46. The molecule has 0 heteroatoms. The number of hydrogen-bond donors (Lipinski definition) is 0. The van der Waals surface area contributed by atoms with E-state index in [1.165, 1.54) is 0 Å². The summed E-state index contributed by atoms with van der Waals surface area (Å²) >= 11 is 0. The van der Waals surface area contributed by atoms with Crippen LogP contribution in [0.4, 0.5) is 0 Å². The molecule has 0 amide bonds. The van der Waals surface area contributed by atoms with Crippen LogP contribution in [-0.4, -0.2) is 0 Å². The fraction of sp³-hybridized carbons (Fsp3) is 0. The molecule has 18 heavy (non-hydrogen) atoms. The molecule has 0 atom stereocenters. The summed E-state index contributed by atoms with van der Waals surface area (Å²) in [5.41, 5.74) is 1.66. The Morgan fingerprint density at radius 3 is 2.39 bits per heavy atom. The highest BCUT2D eigenvalue weighted by Gasteiger charge is 2.18. The Morgan fingerprint density at radius 1 is 0.611 bits per heavy atom. The maximum atomic E-state index is 8.33. The van der Waals surface area contributed by atoms with Gasteiger partial charge in [0.1, 0.15) is 0 Å². The Hall–Kier alpha value is -2.34. The second kappa shape index (κ2) is 2.73. The van der Waals surface area contributed by atoms with Crippen LogP contribution in [0.15, 0.2) is 60.6 Å². The predicted molar refractivity (Wildman–Crippen MR) is 78.0 cm³/mol. The summed E-state index contributed by atoms with van der Waals surface area (Å²) in [7, 11) is 0. The first kappa shape index (κ1) is 6.01. The summed E-state index contributed by atoms with van der Waals surface area (Å²) < 4.78 is 32.9. The van der Waals surface area contributed by atoms with Gasteiger partial charge in [0.05, 0.1) is 5.48 Å². The van der Waals surface area contributed by atoms with Gasteiger partial charge in [-0.2, -0.15) is 0 Å². The first-order chi connectivity index (χ1) is 10.6. The highest BCUT2D eigenvalue weighted by atomic mass is 14.2. The average molecular weight is 230 g/mol. The fourth-order valence-corrected chi connectivity index (χ4v) is 3.11. The maximum Gasteiger partial charge on any atom is 0.0629 e. The minimum absolute atomic E-state index is 0.0135. The van der Waals surface area contributed by atoms with Gasteiger partial charge in [-0.25, -0.2) is 0 Å². The van der Waals surface area contributed by atoms with Crippen LogP contribution >= 0.6 is 0 Å². The molecule has 0 saturated carbocycles. The quantitative estimate of drug-likeness (QED) is 0.324. The van der Waals surface area contributed by atoms with Crippen molar-refractivity contribution >= 4 is 32.3 Å². The third-order valence-corrected chi connectivity index (χ3v) is 3.84. The van der Waals surface area contributed by atoms with E-state index in [-0.39, 0.29) is 24.2 Å². The van der Waals surface area contributed by atoms with E-state index in [0.29, 0.717) is 10.9 Å². The van der Waals surface area contributed by atoms with Gasteiger partial charge in [0.15, 0.2) is 0 Å². The molecule has 5 rings (SSSR count). The lowest BCUT2D eigenvalue weighted by Crippen LogP contribution is -1.75. The van der Waals surface area contributed by atoms with Crippen molar-refractivity contribution in [1.82, 2.24) is 0 Å². The topological polar surface area (TPSA) is 0 Å². The van der Waals surface area contributed by atoms with Gasteiger partial charge in [0.25, 0.3) is 0 Å². The monoisotopic (exact) mass is 230 g/mol. The molecule has 0 saturated heterocycles. The van der Waals surface area contributed by atoms with Gasteiger partial charge >= 0.3 is 0 Å². The van der Waals surface area contributed by atoms with Crippen LogP contribution in [0, 0.1) is 0 Å². The van der Waals surface area contributed by atoms with Crippen LogP contribution in [0.3, 0.4) is 0 Å². The first-order valence-corrected chi connectivity index (χ1v) is 5.98. The van der Waals surface area contributed by atoms with Gasteiger partial charge in [-0.05, 0) is 43.4 Å². The molecular weight excluding hydrogens is 216 g/mol. The molecule has 0 spiro atoms. The second-order valence-electron chi connectivity index (χ2n) is 4.72. The van der Waals surface area contributed by atoms with Gasteiger partial charge < -0.3 is 0 Å². The van der Waals surface area contributed by atoms with Crippen molar-refractivity contribution < 1.29 is 5.48 Å². The van der Waals surface area contributed by atoms with E-state index in [9.17, 15) is 0 Å². The van der Waals surface area contributed by atoms with E-state index < -0.39 is 0 Å². The molecule has 0 nitrogen and oxygen atoms in total. The normalized spacial score (nSPS) is 15.6. The van der Waals surface area contributed by atoms with Gasteiger partial charge in [-0.15, -0.1) is 0 Å². The van der Waals surface area contributed by atoms with E-state index in [4.69, 9.17) is 5.48 Å². The highest BCUT2D eigenvalue weighted by Crippen LogP contribution is 2.46. The van der Waals surface area contributed by atoms with Crippen LogP contribution < -0.4 is 0 Å². The van der Waals surface area contributed by atoms with Crippen molar-refractivity contribution in [3.05, 3.63) is 60.6 Å². The number of fused-ring (bicyclic) bond motifs is 1. The zero-order chi connectivity index (χ0) is 15.2. The van der Waals surface area contributed by atoms with Gasteiger partial charge in [-0.3, -0.25) is 0 Å². The number of hydrogen-bond acceptors (Lipinski definition) is 0. The zero-order valence-electron chi connectivity index (χ0n) is 13.5. The van der Waals surface area contributed by atoms with Crippen LogP contribution in [0.25, 0.3) is 43.4 Å². The third-order valence-electron chi connectivity index (χ3n) is 3.84. The summed E-state index contributed by atoms with van der Waals surface area (Å²) in [6, 6.07) is 12.0. The van der Waals surface area contributed by atoms with Crippen molar-refractivity contribution in [1.29, 1.82) is 0 Å². The Balaban J connectivity index is 2.28. The third kappa shape index (κ3) is 0.820. The number of rotatable bonds is 0. The summed E-state index contributed by atoms with van der Waals surface area (Å²) in [5.74, 6) is 0. The average Bonchev–Trinajstić information content (AvgIpc) is 2.86. The lowest BCUT2D eigenvalue weighted by Gasteiger charge is -2.02. The molecule has 0 aliphatic heterocycles. The standard InChI is InChI=1S/C18H10/c1-3-11-7-9-13-10-8-12-4-2-6-15-14(5-1)16(11)18(13)17(12)15/h1-10H/i1D,3D,5D,7D. The fourth-order valence-electron chi connectivity index (χ4n) is 3.11. The van der Waals surface area contributed by atoms with Crippen molar-refractivity contribution in [2.75, 3.05) is 0 Å². The van der Waals surface area contributed by atoms with Crippen LogP contribution in [0.1, 0.15) is 5.48 Å². The van der Waals surface area contributed by atoms with Gasteiger partial charge in [0.2, 0.25) is 0 Å². The van der Waals surface area contributed by atoms with Crippen LogP contribution in [-0.2, 0) is 0 Å². The van der Waals surface area contributed by atoms with Crippen molar-refractivity contribution in [3.63, 3.8) is 0 Å². The lowest BCUT2D eigenvalue weighted by atomic mass is 10.0. The molecule has 82 valence electrons. The van der Waals surface area contributed by atoms with Gasteiger partial charge in [0, 0.05) is 0 Å². The minimum atomic E-state index is -0.0971. The van der Waals surface area contributed by atoms with E-state index in [2.05, 4.69) is 0 Å². The molecule has 0 radical (unpaired) electrons. The van der Waals surface area contributed by atoms with Gasteiger partial charge in [-0.1, -0.05) is 60.6 Å². The van der Waals surface area contributed by atoms with Crippen molar-refractivity contribution in [2.24, 2.45) is 0 Å². The van der Waals surface area contributed by atoms with Crippen LogP contribution in [0.5, 0.6) is 0 Å². The minimum Gasteiger partial charge on any atom is -0.0610 e. The molecule has 4 aromatic carbocycles. The molecule has 1 aliphatic rings. The molecule has 0 unspecified atom stereocenters. The molecule has 4 aromatic rings. The summed E-state index contributed by atoms with van der Waals surface area (Å²) in [6.07, 6.45) is 0.